The maximum absolute atomic E-state index is 5.79. The minimum Gasteiger partial charge on any atom is -0.333 e. The highest BCUT2D eigenvalue weighted by Gasteiger charge is 2.09. The number of thiophene rings is 1. The molecule has 0 atom stereocenters. The van der Waals surface area contributed by atoms with Gasteiger partial charge in [-0.1, -0.05) is 16.8 Å². The molecule has 2 aromatic rings. The summed E-state index contributed by atoms with van der Waals surface area (Å²) in [5.74, 6) is 1.14. The molecule has 0 aromatic carbocycles. The first kappa shape index (κ1) is 9.64. The molecule has 0 bridgehead atoms. The van der Waals surface area contributed by atoms with Crippen LogP contribution in [0.25, 0.3) is 10.8 Å². The number of nitrogens with two attached hydrogens (primary N) is 1. The normalized spacial score (nSPS) is 10.7. The van der Waals surface area contributed by atoms with Crippen LogP contribution in [0.3, 0.4) is 0 Å². The quantitative estimate of drug-likeness (QED) is 0.874. The van der Waals surface area contributed by atoms with Crippen molar-refractivity contribution in [1.82, 2.24) is 10.1 Å². The van der Waals surface area contributed by atoms with Gasteiger partial charge in [0.2, 0.25) is 0 Å². The lowest BCUT2D eigenvalue weighted by Gasteiger charge is -1.84. The van der Waals surface area contributed by atoms with E-state index in [0.717, 1.165) is 4.88 Å². The van der Waals surface area contributed by atoms with E-state index in [1.54, 1.807) is 6.07 Å². The summed E-state index contributed by atoms with van der Waals surface area (Å²) in [4.78, 5) is 5.06. The molecule has 0 aliphatic rings. The van der Waals surface area contributed by atoms with Gasteiger partial charge in [-0.2, -0.15) is 4.98 Å². The summed E-state index contributed by atoms with van der Waals surface area (Å²) in [5.41, 5.74) is 5.37. The predicted molar refractivity (Wildman–Crippen MR) is 55.4 cm³/mol. The zero-order valence-corrected chi connectivity index (χ0v) is 8.81. The van der Waals surface area contributed by atoms with Gasteiger partial charge in [-0.3, -0.25) is 0 Å². The Balaban J connectivity index is 2.24. The van der Waals surface area contributed by atoms with E-state index in [1.807, 2.05) is 6.07 Å². The summed E-state index contributed by atoms with van der Waals surface area (Å²) in [6, 6.07) is 3.65. The Kier molecular flexibility index (Phi) is 2.81. The molecule has 0 saturated heterocycles. The second-order valence-corrected chi connectivity index (χ2v) is 4.37. The second kappa shape index (κ2) is 4.08. The molecule has 0 aliphatic heterocycles. The summed E-state index contributed by atoms with van der Waals surface area (Å²) >= 11 is 7.20. The summed E-state index contributed by atoms with van der Waals surface area (Å²) in [7, 11) is 0. The number of aromatic nitrogens is 2. The number of nitrogens with zero attached hydrogens (tertiary/aromatic N) is 2. The first-order valence-corrected chi connectivity index (χ1v) is 5.27. The van der Waals surface area contributed by atoms with Crippen molar-refractivity contribution in [2.24, 2.45) is 5.73 Å². The molecule has 74 valence electrons. The van der Waals surface area contributed by atoms with Crippen LogP contribution in [-0.4, -0.2) is 16.7 Å². The fraction of sp³-hybridized carbons (Fsp3) is 0.250. The van der Waals surface area contributed by atoms with Gasteiger partial charge in [0.25, 0.3) is 5.89 Å². The maximum atomic E-state index is 5.79. The molecule has 2 aromatic heterocycles. The van der Waals surface area contributed by atoms with Gasteiger partial charge in [0.05, 0.1) is 9.21 Å². The van der Waals surface area contributed by atoms with Gasteiger partial charge < -0.3 is 10.3 Å². The van der Waals surface area contributed by atoms with Gasteiger partial charge in [0, 0.05) is 6.42 Å². The summed E-state index contributed by atoms with van der Waals surface area (Å²) in [6.07, 6.45) is 0.628. The van der Waals surface area contributed by atoms with Crippen LogP contribution in [0.4, 0.5) is 0 Å². The third-order valence-electron chi connectivity index (χ3n) is 1.62. The molecule has 0 saturated carbocycles. The zero-order valence-electron chi connectivity index (χ0n) is 7.24. The molecule has 2 rings (SSSR count). The van der Waals surface area contributed by atoms with Crippen LogP contribution in [-0.2, 0) is 6.42 Å². The van der Waals surface area contributed by atoms with Crippen LogP contribution in [0.1, 0.15) is 5.82 Å². The fourth-order valence-corrected chi connectivity index (χ4v) is 1.98. The summed E-state index contributed by atoms with van der Waals surface area (Å²) in [6.45, 7) is 0.518. The molecule has 0 radical (unpaired) electrons. The average molecular weight is 230 g/mol. The Labute approximate surface area is 89.7 Å². The monoisotopic (exact) mass is 229 g/mol. The lowest BCUT2D eigenvalue weighted by atomic mass is 10.4. The second-order valence-electron chi connectivity index (χ2n) is 2.66. The van der Waals surface area contributed by atoms with Gasteiger partial charge >= 0.3 is 0 Å². The van der Waals surface area contributed by atoms with Crippen molar-refractivity contribution in [2.45, 2.75) is 6.42 Å². The first-order chi connectivity index (χ1) is 6.79. The SMILES string of the molecule is NCCc1noc(-c2ccc(Cl)s2)n1. The number of hydrogen-bond acceptors (Lipinski definition) is 5. The predicted octanol–water partition coefficient (Wildman–Crippen LogP) is 1.95. The Morgan fingerprint density at radius 3 is 3.00 bits per heavy atom. The van der Waals surface area contributed by atoms with E-state index in [-0.39, 0.29) is 0 Å². The molecule has 2 heterocycles. The third kappa shape index (κ3) is 1.95. The van der Waals surface area contributed by atoms with Crippen molar-refractivity contribution in [3.8, 4) is 10.8 Å². The Hall–Kier alpha value is -0.910. The Morgan fingerprint density at radius 1 is 1.50 bits per heavy atom. The van der Waals surface area contributed by atoms with Gasteiger partial charge in [-0.15, -0.1) is 11.3 Å². The van der Waals surface area contributed by atoms with Crippen LogP contribution in [0.15, 0.2) is 16.7 Å². The summed E-state index contributed by atoms with van der Waals surface area (Å²) in [5, 5.41) is 3.79. The van der Waals surface area contributed by atoms with Crippen LogP contribution in [0, 0.1) is 0 Å². The standard InChI is InChI=1S/C8H8ClN3OS/c9-6-2-1-5(14-6)8-11-7(3-4-10)12-13-8/h1-2H,3-4,10H2. The highest BCUT2D eigenvalue weighted by molar-refractivity contribution is 7.19. The highest BCUT2D eigenvalue weighted by atomic mass is 35.5. The average Bonchev–Trinajstić information content (AvgIpc) is 2.74. The van der Waals surface area contributed by atoms with Crippen molar-refractivity contribution in [1.29, 1.82) is 0 Å². The van der Waals surface area contributed by atoms with Crippen LogP contribution in [0.5, 0.6) is 0 Å². The van der Waals surface area contributed by atoms with Crippen LogP contribution in [0.2, 0.25) is 4.34 Å². The van der Waals surface area contributed by atoms with E-state index in [4.69, 9.17) is 21.9 Å². The van der Waals surface area contributed by atoms with E-state index in [0.29, 0.717) is 29.0 Å². The Bertz CT molecular complexity index is 426. The topological polar surface area (TPSA) is 64.9 Å². The molecular formula is C8H8ClN3OS. The highest BCUT2D eigenvalue weighted by Crippen LogP contribution is 2.29. The van der Waals surface area contributed by atoms with E-state index in [1.165, 1.54) is 11.3 Å². The molecule has 0 amide bonds. The van der Waals surface area contributed by atoms with E-state index < -0.39 is 0 Å². The molecule has 14 heavy (non-hydrogen) atoms. The number of hydrogen-bond donors (Lipinski definition) is 1. The fourth-order valence-electron chi connectivity index (χ4n) is 1.01. The minimum absolute atomic E-state index is 0.505. The van der Waals surface area contributed by atoms with Gasteiger partial charge in [-0.05, 0) is 18.7 Å². The molecule has 0 spiro atoms. The van der Waals surface area contributed by atoms with Crippen LogP contribution >= 0.6 is 22.9 Å². The molecule has 2 N–H and O–H groups in total. The van der Waals surface area contributed by atoms with Gasteiger partial charge in [-0.25, -0.2) is 0 Å². The van der Waals surface area contributed by atoms with Crippen LogP contribution < -0.4 is 5.73 Å². The lowest BCUT2D eigenvalue weighted by molar-refractivity contribution is 0.423. The maximum Gasteiger partial charge on any atom is 0.268 e. The molecular weight excluding hydrogens is 222 g/mol. The van der Waals surface area contributed by atoms with Gasteiger partial charge in [0.15, 0.2) is 5.82 Å². The third-order valence-corrected chi connectivity index (χ3v) is 2.84. The van der Waals surface area contributed by atoms with Crippen molar-refractivity contribution in [2.75, 3.05) is 6.54 Å². The van der Waals surface area contributed by atoms with Crippen molar-refractivity contribution < 1.29 is 4.52 Å². The van der Waals surface area contributed by atoms with Crippen molar-refractivity contribution in [3.05, 3.63) is 22.3 Å². The number of rotatable bonds is 3. The van der Waals surface area contributed by atoms with E-state index in [2.05, 4.69) is 10.1 Å². The van der Waals surface area contributed by atoms with E-state index in [9.17, 15) is 0 Å². The first-order valence-electron chi connectivity index (χ1n) is 4.08. The Morgan fingerprint density at radius 2 is 2.36 bits per heavy atom. The smallest absolute Gasteiger partial charge is 0.268 e. The van der Waals surface area contributed by atoms with Crippen molar-refractivity contribution >= 4 is 22.9 Å². The molecule has 6 heteroatoms. The number of halogens is 1. The molecule has 4 nitrogen and oxygen atoms in total. The largest absolute Gasteiger partial charge is 0.333 e. The van der Waals surface area contributed by atoms with Gasteiger partial charge in [0.1, 0.15) is 0 Å². The molecule has 0 aliphatic carbocycles. The lowest BCUT2D eigenvalue weighted by Crippen LogP contribution is -2.03. The zero-order chi connectivity index (χ0) is 9.97. The molecule has 0 unspecified atom stereocenters. The summed E-state index contributed by atoms with van der Waals surface area (Å²) < 4.78 is 5.76. The molecule has 0 fully saturated rings. The van der Waals surface area contributed by atoms with Crippen molar-refractivity contribution in [3.63, 3.8) is 0 Å². The van der Waals surface area contributed by atoms with E-state index >= 15 is 0 Å². The minimum atomic E-state index is 0.505.